The fourth-order valence-electron chi connectivity index (χ4n) is 3.07. The lowest BCUT2D eigenvalue weighted by atomic mass is 10.1. The molecule has 0 aromatic heterocycles. The number of nitrogens with two attached hydrogens (primary N) is 1. The quantitative estimate of drug-likeness (QED) is 0.763. The number of guanidine groups is 1. The van der Waals surface area contributed by atoms with Crippen LogP contribution in [0.1, 0.15) is 5.56 Å². The second kappa shape index (κ2) is 6.57. The first kappa shape index (κ1) is 15.1. The summed E-state index contributed by atoms with van der Waals surface area (Å²) in [4.78, 5) is 6.83. The molecule has 3 N–H and O–H groups in total. The number of nitrogens with one attached hydrogen (secondary N) is 1. The van der Waals surface area contributed by atoms with E-state index in [1.165, 1.54) is 26.1 Å². The number of fused-ring (bicyclic) bond motifs is 1. The van der Waals surface area contributed by atoms with Crippen molar-refractivity contribution in [3.8, 4) is 0 Å². The number of hydrogen-bond donors (Lipinski definition) is 2. The summed E-state index contributed by atoms with van der Waals surface area (Å²) < 4.78 is 0. The Balaban J connectivity index is 1.62. The van der Waals surface area contributed by atoms with Gasteiger partial charge in [0.05, 0.1) is 12.6 Å². The van der Waals surface area contributed by atoms with Gasteiger partial charge in [-0.2, -0.15) is 0 Å². The summed E-state index contributed by atoms with van der Waals surface area (Å²) in [5.41, 5.74) is 7.07. The highest BCUT2D eigenvalue weighted by Gasteiger charge is 2.17. The monoisotopic (exact) mass is 333 g/mol. The Kier molecular flexibility index (Phi) is 4.13. The van der Waals surface area contributed by atoms with Crippen LogP contribution in [0, 0.1) is 0 Å². The fourth-order valence-corrected chi connectivity index (χ4v) is 4.17. The van der Waals surface area contributed by atoms with E-state index in [1.807, 2.05) is 11.8 Å². The van der Waals surface area contributed by atoms with Gasteiger partial charge in [-0.05, 0) is 34.9 Å². The molecular weight excluding hydrogens is 314 g/mol. The standard InChI is InChI=1S/C20H19N3S/c21-20-22-13-16(23-20)12-15-7-2-4-10-18(15)24-19-11-5-8-14-6-1-3-9-17(14)19/h1-11,16H,12-13H2,(H3,21,22,23). The molecule has 24 heavy (non-hydrogen) atoms. The zero-order valence-electron chi connectivity index (χ0n) is 13.3. The summed E-state index contributed by atoms with van der Waals surface area (Å²) in [7, 11) is 0. The molecule has 1 aliphatic heterocycles. The summed E-state index contributed by atoms with van der Waals surface area (Å²) >= 11 is 1.83. The van der Waals surface area contributed by atoms with Crippen LogP contribution in [0.4, 0.5) is 0 Å². The Hall–Kier alpha value is -2.46. The molecule has 0 fully saturated rings. The van der Waals surface area contributed by atoms with Gasteiger partial charge in [-0.25, -0.2) is 0 Å². The highest BCUT2D eigenvalue weighted by molar-refractivity contribution is 7.99. The second-order valence-electron chi connectivity index (χ2n) is 5.96. The molecule has 0 saturated heterocycles. The van der Waals surface area contributed by atoms with E-state index in [-0.39, 0.29) is 0 Å². The van der Waals surface area contributed by atoms with E-state index < -0.39 is 0 Å². The average molecular weight is 333 g/mol. The normalized spacial score (nSPS) is 16.8. The van der Waals surface area contributed by atoms with Gasteiger partial charge in [0.25, 0.3) is 0 Å². The first-order valence-electron chi connectivity index (χ1n) is 8.09. The minimum Gasteiger partial charge on any atom is -0.370 e. The van der Waals surface area contributed by atoms with Crippen molar-refractivity contribution in [2.75, 3.05) is 6.54 Å². The summed E-state index contributed by atoms with van der Waals surface area (Å²) in [5, 5.41) is 5.82. The topological polar surface area (TPSA) is 50.4 Å². The van der Waals surface area contributed by atoms with Gasteiger partial charge in [0.1, 0.15) is 0 Å². The highest BCUT2D eigenvalue weighted by Crippen LogP contribution is 2.35. The van der Waals surface area contributed by atoms with Gasteiger partial charge < -0.3 is 11.1 Å². The maximum atomic E-state index is 5.74. The Morgan fingerprint density at radius 1 is 0.958 bits per heavy atom. The van der Waals surface area contributed by atoms with E-state index in [1.54, 1.807) is 0 Å². The Bertz CT molecular complexity index is 899. The molecule has 0 spiro atoms. The highest BCUT2D eigenvalue weighted by atomic mass is 32.2. The first-order valence-corrected chi connectivity index (χ1v) is 8.91. The Morgan fingerprint density at radius 3 is 2.58 bits per heavy atom. The smallest absolute Gasteiger partial charge is 0.188 e. The lowest BCUT2D eigenvalue weighted by molar-refractivity contribution is 0.647. The molecule has 0 bridgehead atoms. The molecule has 1 atom stereocenters. The summed E-state index contributed by atoms with van der Waals surface area (Å²) in [6.45, 7) is 0.749. The van der Waals surface area contributed by atoms with Crippen molar-refractivity contribution in [1.29, 1.82) is 0 Å². The van der Waals surface area contributed by atoms with Crippen LogP contribution >= 0.6 is 11.8 Å². The molecule has 3 aromatic rings. The summed E-state index contributed by atoms with van der Waals surface area (Å²) in [6, 6.07) is 23.9. The maximum absolute atomic E-state index is 5.74. The second-order valence-corrected chi connectivity index (χ2v) is 7.04. The minimum absolute atomic E-state index is 0.291. The lowest BCUT2D eigenvalue weighted by Crippen LogP contribution is -2.36. The Labute approximate surface area is 146 Å². The van der Waals surface area contributed by atoms with Crippen molar-refractivity contribution < 1.29 is 0 Å². The molecule has 0 amide bonds. The van der Waals surface area contributed by atoms with E-state index in [0.717, 1.165) is 13.0 Å². The van der Waals surface area contributed by atoms with Gasteiger partial charge in [0.2, 0.25) is 0 Å². The molecule has 4 rings (SSSR count). The largest absolute Gasteiger partial charge is 0.370 e. The third-order valence-electron chi connectivity index (χ3n) is 4.24. The number of aliphatic imine (C=N–C) groups is 1. The predicted octanol–water partition coefficient (Wildman–Crippen LogP) is 3.82. The zero-order chi connectivity index (χ0) is 16.4. The molecule has 120 valence electrons. The third kappa shape index (κ3) is 3.10. The van der Waals surface area contributed by atoms with Crippen molar-refractivity contribution in [2.45, 2.75) is 22.3 Å². The van der Waals surface area contributed by atoms with Crippen LogP contribution in [0.3, 0.4) is 0 Å². The molecule has 1 aliphatic rings. The molecule has 3 nitrogen and oxygen atoms in total. The molecule has 0 saturated carbocycles. The minimum atomic E-state index is 0.291. The van der Waals surface area contributed by atoms with Crippen LogP contribution in [0.2, 0.25) is 0 Å². The van der Waals surface area contributed by atoms with E-state index in [4.69, 9.17) is 5.73 Å². The van der Waals surface area contributed by atoms with Gasteiger partial charge in [-0.15, -0.1) is 0 Å². The van der Waals surface area contributed by atoms with Crippen LogP contribution in [0.15, 0.2) is 81.5 Å². The molecular formula is C20H19N3S. The molecule has 3 aromatic carbocycles. The van der Waals surface area contributed by atoms with Crippen molar-refractivity contribution in [1.82, 2.24) is 5.32 Å². The molecule has 1 unspecified atom stereocenters. The maximum Gasteiger partial charge on any atom is 0.188 e. The van der Waals surface area contributed by atoms with Crippen molar-refractivity contribution >= 4 is 28.5 Å². The van der Waals surface area contributed by atoms with Crippen LogP contribution in [-0.4, -0.2) is 18.5 Å². The summed E-state index contributed by atoms with van der Waals surface area (Å²) in [5.74, 6) is 0.555. The van der Waals surface area contributed by atoms with Gasteiger partial charge in [-0.1, -0.05) is 66.4 Å². The van der Waals surface area contributed by atoms with Crippen molar-refractivity contribution in [3.63, 3.8) is 0 Å². The van der Waals surface area contributed by atoms with Crippen LogP contribution in [-0.2, 0) is 6.42 Å². The number of rotatable bonds is 4. The van der Waals surface area contributed by atoms with Crippen LogP contribution in [0.25, 0.3) is 10.8 Å². The number of hydrogen-bond acceptors (Lipinski definition) is 4. The van der Waals surface area contributed by atoms with Crippen molar-refractivity contribution in [2.24, 2.45) is 10.7 Å². The Morgan fingerprint density at radius 2 is 1.71 bits per heavy atom. The van der Waals surface area contributed by atoms with Crippen LogP contribution in [0.5, 0.6) is 0 Å². The average Bonchev–Trinajstić information content (AvgIpc) is 3.02. The number of nitrogens with zero attached hydrogens (tertiary/aromatic N) is 1. The SMILES string of the molecule is NC1=NCC(Cc2ccccc2Sc2cccc3ccccc23)N1. The van der Waals surface area contributed by atoms with Gasteiger partial charge in [0.15, 0.2) is 5.96 Å². The zero-order valence-corrected chi connectivity index (χ0v) is 14.1. The molecule has 0 radical (unpaired) electrons. The molecule has 0 aliphatic carbocycles. The third-order valence-corrected chi connectivity index (χ3v) is 5.44. The van der Waals surface area contributed by atoms with Gasteiger partial charge >= 0.3 is 0 Å². The number of benzene rings is 3. The van der Waals surface area contributed by atoms with E-state index >= 15 is 0 Å². The summed E-state index contributed by atoms with van der Waals surface area (Å²) in [6.07, 6.45) is 0.929. The van der Waals surface area contributed by atoms with Crippen molar-refractivity contribution in [3.05, 3.63) is 72.3 Å². The van der Waals surface area contributed by atoms with Gasteiger partial charge in [-0.3, -0.25) is 4.99 Å². The van der Waals surface area contributed by atoms with Gasteiger partial charge in [0, 0.05) is 9.79 Å². The molecule has 1 heterocycles. The first-order chi connectivity index (χ1) is 11.8. The van der Waals surface area contributed by atoms with E-state index in [9.17, 15) is 0 Å². The van der Waals surface area contributed by atoms with Crippen LogP contribution < -0.4 is 11.1 Å². The fraction of sp³-hybridized carbons (Fsp3) is 0.150. The predicted molar refractivity (Wildman–Crippen MR) is 102 cm³/mol. The molecule has 4 heteroatoms. The van der Waals surface area contributed by atoms with E-state index in [2.05, 4.69) is 77.0 Å². The lowest BCUT2D eigenvalue weighted by Gasteiger charge is -2.14. The van der Waals surface area contributed by atoms with E-state index in [0.29, 0.717) is 12.0 Å².